The highest BCUT2D eigenvalue weighted by atomic mass is 16.5. The molecule has 1 fully saturated rings. The van der Waals surface area contributed by atoms with Gasteiger partial charge in [0.05, 0.1) is 18.2 Å². The molecule has 0 spiro atoms. The van der Waals surface area contributed by atoms with Crippen molar-refractivity contribution in [1.29, 1.82) is 0 Å². The zero-order valence-corrected chi connectivity index (χ0v) is 8.57. The van der Waals surface area contributed by atoms with Crippen molar-refractivity contribution in [1.82, 2.24) is 0 Å². The number of hydrogen-bond acceptors (Lipinski definition) is 4. The fourth-order valence-corrected chi connectivity index (χ4v) is 1.76. The number of furan rings is 1. The first-order chi connectivity index (χ1) is 7.21. The molecule has 1 saturated heterocycles. The fourth-order valence-electron chi connectivity index (χ4n) is 1.76. The maximum atomic E-state index is 11.9. The minimum atomic E-state index is -0.717. The predicted molar refractivity (Wildman–Crippen MR) is 54.4 cm³/mol. The number of rotatable bonds is 3. The Kier molecular flexibility index (Phi) is 2.88. The number of carbonyl (C=O) groups excluding carboxylic acids is 1. The van der Waals surface area contributed by atoms with Gasteiger partial charge in [-0.2, -0.15) is 0 Å². The van der Waals surface area contributed by atoms with Crippen LogP contribution in [0.1, 0.15) is 18.6 Å². The third-order valence-corrected chi connectivity index (χ3v) is 2.86. The van der Waals surface area contributed by atoms with Crippen LogP contribution in [0.15, 0.2) is 22.8 Å². The fraction of sp³-hybridized carbons (Fsp3) is 0.545. The third-order valence-electron chi connectivity index (χ3n) is 2.86. The molecule has 4 heteroatoms. The summed E-state index contributed by atoms with van der Waals surface area (Å²) in [6.07, 6.45) is 3.05. The average Bonchev–Trinajstić information content (AvgIpc) is 2.71. The molecule has 0 aliphatic carbocycles. The van der Waals surface area contributed by atoms with Gasteiger partial charge in [0.1, 0.15) is 5.76 Å². The van der Waals surface area contributed by atoms with E-state index in [1.165, 1.54) is 0 Å². The summed E-state index contributed by atoms with van der Waals surface area (Å²) in [5.74, 6) is 0.720. The Labute approximate surface area is 88.4 Å². The van der Waals surface area contributed by atoms with Crippen LogP contribution in [0.5, 0.6) is 0 Å². The van der Waals surface area contributed by atoms with E-state index in [9.17, 15) is 4.79 Å². The number of carbonyl (C=O) groups is 1. The second-order valence-corrected chi connectivity index (χ2v) is 3.95. The van der Waals surface area contributed by atoms with Gasteiger partial charge < -0.3 is 14.9 Å². The molecule has 2 heterocycles. The minimum absolute atomic E-state index is 0.0424. The largest absolute Gasteiger partial charge is 0.469 e. The lowest BCUT2D eigenvalue weighted by Gasteiger charge is -2.31. The van der Waals surface area contributed by atoms with Gasteiger partial charge >= 0.3 is 0 Å². The number of ketones is 1. The smallest absolute Gasteiger partial charge is 0.160 e. The molecule has 15 heavy (non-hydrogen) atoms. The summed E-state index contributed by atoms with van der Waals surface area (Å²) in [5, 5.41) is 0. The quantitative estimate of drug-likeness (QED) is 0.803. The molecule has 0 amide bonds. The van der Waals surface area contributed by atoms with Gasteiger partial charge in [0.15, 0.2) is 5.78 Å². The van der Waals surface area contributed by atoms with Crippen LogP contribution in [0.2, 0.25) is 0 Å². The highest BCUT2D eigenvalue weighted by molar-refractivity contribution is 5.89. The van der Waals surface area contributed by atoms with Gasteiger partial charge in [0.25, 0.3) is 0 Å². The summed E-state index contributed by atoms with van der Waals surface area (Å²) in [7, 11) is 0. The van der Waals surface area contributed by atoms with E-state index in [4.69, 9.17) is 14.9 Å². The van der Waals surface area contributed by atoms with Crippen LogP contribution >= 0.6 is 0 Å². The monoisotopic (exact) mass is 209 g/mol. The van der Waals surface area contributed by atoms with Gasteiger partial charge in [-0.25, -0.2) is 0 Å². The van der Waals surface area contributed by atoms with Crippen molar-refractivity contribution in [2.24, 2.45) is 5.73 Å². The molecule has 82 valence electrons. The van der Waals surface area contributed by atoms with E-state index in [2.05, 4.69) is 0 Å². The van der Waals surface area contributed by atoms with Crippen LogP contribution < -0.4 is 5.73 Å². The van der Waals surface area contributed by atoms with Crippen LogP contribution in [0.4, 0.5) is 0 Å². The molecule has 0 bridgehead atoms. The Hall–Kier alpha value is -1.13. The van der Waals surface area contributed by atoms with Gasteiger partial charge in [0.2, 0.25) is 0 Å². The van der Waals surface area contributed by atoms with Gasteiger partial charge in [-0.15, -0.1) is 0 Å². The number of hydrogen-bond donors (Lipinski definition) is 1. The molecule has 2 rings (SSSR count). The Morgan fingerprint density at radius 1 is 1.47 bits per heavy atom. The molecule has 2 N–H and O–H groups in total. The molecule has 0 unspecified atom stereocenters. The van der Waals surface area contributed by atoms with E-state index in [0.29, 0.717) is 31.8 Å². The maximum absolute atomic E-state index is 11.9. The first-order valence-corrected chi connectivity index (χ1v) is 5.13. The standard InChI is InChI=1S/C11H15NO3/c12-11(3-6-14-7-4-11)10(13)8-9-2-1-5-15-9/h1-2,5H,3-4,6-8,12H2. The average molecular weight is 209 g/mol. The van der Waals surface area contributed by atoms with Crippen molar-refractivity contribution in [2.45, 2.75) is 24.8 Å². The summed E-state index contributed by atoms with van der Waals surface area (Å²) in [6, 6.07) is 3.57. The zero-order chi connectivity index (χ0) is 10.7. The van der Waals surface area contributed by atoms with E-state index >= 15 is 0 Å². The van der Waals surface area contributed by atoms with Crippen LogP contribution in [0, 0.1) is 0 Å². The second-order valence-electron chi connectivity index (χ2n) is 3.95. The highest BCUT2D eigenvalue weighted by Gasteiger charge is 2.35. The Morgan fingerprint density at radius 3 is 2.80 bits per heavy atom. The van der Waals surface area contributed by atoms with Gasteiger partial charge in [-0.1, -0.05) is 0 Å². The van der Waals surface area contributed by atoms with E-state index in [-0.39, 0.29) is 12.2 Å². The summed E-state index contributed by atoms with van der Waals surface area (Å²) in [5.41, 5.74) is 5.33. The van der Waals surface area contributed by atoms with Gasteiger partial charge in [0, 0.05) is 13.2 Å². The molecule has 0 aromatic carbocycles. The van der Waals surface area contributed by atoms with Crippen LogP contribution in [0.25, 0.3) is 0 Å². The Balaban J connectivity index is 2.00. The molecule has 0 atom stereocenters. The molecule has 0 radical (unpaired) electrons. The topological polar surface area (TPSA) is 65.5 Å². The molecule has 1 aromatic heterocycles. The Morgan fingerprint density at radius 2 is 2.20 bits per heavy atom. The summed E-state index contributed by atoms with van der Waals surface area (Å²) < 4.78 is 10.3. The third kappa shape index (κ3) is 2.27. The zero-order valence-electron chi connectivity index (χ0n) is 8.57. The Bertz CT molecular complexity index is 326. The second kappa shape index (κ2) is 4.16. The van der Waals surface area contributed by atoms with E-state index in [1.54, 1.807) is 18.4 Å². The first kappa shape index (κ1) is 10.4. The van der Waals surface area contributed by atoms with Crippen LogP contribution in [-0.2, 0) is 16.0 Å². The highest BCUT2D eigenvalue weighted by Crippen LogP contribution is 2.20. The lowest BCUT2D eigenvalue weighted by molar-refractivity contribution is -0.127. The molecule has 0 saturated carbocycles. The van der Waals surface area contributed by atoms with Crippen molar-refractivity contribution in [3.05, 3.63) is 24.2 Å². The SMILES string of the molecule is NC1(C(=O)Cc2ccco2)CCOCC1. The van der Waals surface area contributed by atoms with E-state index in [1.807, 2.05) is 0 Å². The summed E-state index contributed by atoms with van der Waals surface area (Å²) >= 11 is 0. The molecule has 1 aliphatic rings. The van der Waals surface area contributed by atoms with Crippen molar-refractivity contribution >= 4 is 5.78 Å². The minimum Gasteiger partial charge on any atom is -0.469 e. The van der Waals surface area contributed by atoms with Crippen LogP contribution in [-0.4, -0.2) is 24.5 Å². The van der Waals surface area contributed by atoms with Crippen molar-refractivity contribution in [2.75, 3.05) is 13.2 Å². The van der Waals surface area contributed by atoms with Crippen LogP contribution in [0.3, 0.4) is 0 Å². The molecular formula is C11H15NO3. The molecule has 1 aromatic rings. The maximum Gasteiger partial charge on any atom is 0.160 e. The van der Waals surface area contributed by atoms with Crippen molar-refractivity contribution < 1.29 is 13.9 Å². The van der Waals surface area contributed by atoms with Crippen molar-refractivity contribution in [3.8, 4) is 0 Å². The molecule has 4 nitrogen and oxygen atoms in total. The summed E-state index contributed by atoms with van der Waals surface area (Å²) in [4.78, 5) is 11.9. The first-order valence-electron chi connectivity index (χ1n) is 5.13. The van der Waals surface area contributed by atoms with Gasteiger partial charge in [-0.3, -0.25) is 4.79 Å². The molecule has 1 aliphatic heterocycles. The van der Waals surface area contributed by atoms with E-state index < -0.39 is 5.54 Å². The summed E-state index contributed by atoms with van der Waals surface area (Å²) in [6.45, 7) is 1.14. The number of ether oxygens (including phenoxy) is 1. The number of Topliss-reactive ketones (excluding diaryl/α,β-unsaturated/α-hetero) is 1. The predicted octanol–water partition coefficient (Wildman–Crippen LogP) is 0.899. The lowest BCUT2D eigenvalue weighted by Crippen LogP contribution is -2.52. The van der Waals surface area contributed by atoms with Crippen molar-refractivity contribution in [3.63, 3.8) is 0 Å². The number of nitrogens with two attached hydrogens (primary N) is 1. The molecular weight excluding hydrogens is 194 g/mol. The lowest BCUT2D eigenvalue weighted by atomic mass is 9.85. The van der Waals surface area contributed by atoms with E-state index in [0.717, 1.165) is 0 Å². The van der Waals surface area contributed by atoms with Gasteiger partial charge in [-0.05, 0) is 25.0 Å². The normalized spacial score (nSPS) is 20.1.